The highest BCUT2D eigenvalue weighted by atomic mass is 79.9. The fourth-order valence-corrected chi connectivity index (χ4v) is 3.30. The van der Waals surface area contributed by atoms with Crippen LogP contribution in [-0.4, -0.2) is 29.3 Å². The fraction of sp³-hybridized carbons (Fsp3) is 0.286. The van der Waals surface area contributed by atoms with Crippen molar-refractivity contribution in [3.63, 3.8) is 0 Å². The summed E-state index contributed by atoms with van der Waals surface area (Å²) in [6, 6.07) is 15.0. The van der Waals surface area contributed by atoms with Crippen molar-refractivity contribution in [3.8, 4) is 0 Å². The lowest BCUT2D eigenvalue weighted by molar-refractivity contribution is -0.125. The zero-order chi connectivity index (χ0) is 19.9. The predicted molar refractivity (Wildman–Crippen MR) is 111 cm³/mol. The van der Waals surface area contributed by atoms with E-state index in [0.29, 0.717) is 12.1 Å². The molecule has 0 aliphatic carbocycles. The number of amides is 4. The molecule has 4 amide bonds. The third-order valence-electron chi connectivity index (χ3n) is 4.52. The Morgan fingerprint density at radius 3 is 2.57 bits per heavy atom. The number of benzene rings is 2. The standard InChI is InChI=1S/C21H22BrN3O3/c22-17-10-8-15(9-11-17)4-1-2-7-19(26)24-18-6-3-5-16(12-18)14-25-20(27)13-23-21(25)28/h3,5-6,8-12H,1-2,4,7,13-14H2,(H,23,28)(H,24,26). The number of unbranched alkanes of at least 4 members (excludes halogenated alkanes) is 1. The molecule has 0 radical (unpaired) electrons. The number of urea groups is 1. The number of anilines is 1. The van der Waals surface area contributed by atoms with Crippen LogP contribution in [-0.2, 0) is 22.6 Å². The summed E-state index contributed by atoms with van der Waals surface area (Å²) in [6.07, 6.45) is 3.15. The Kier molecular flexibility index (Phi) is 6.81. The van der Waals surface area contributed by atoms with Gasteiger partial charge in [-0.25, -0.2) is 4.79 Å². The number of carbonyl (C=O) groups is 3. The fourth-order valence-electron chi connectivity index (χ4n) is 3.03. The van der Waals surface area contributed by atoms with E-state index in [1.54, 1.807) is 18.2 Å². The van der Waals surface area contributed by atoms with E-state index in [2.05, 4.69) is 38.7 Å². The molecule has 1 fully saturated rings. The van der Waals surface area contributed by atoms with Crippen molar-refractivity contribution in [3.05, 3.63) is 64.1 Å². The Morgan fingerprint density at radius 2 is 1.86 bits per heavy atom. The average molecular weight is 444 g/mol. The number of imide groups is 1. The van der Waals surface area contributed by atoms with Gasteiger partial charge < -0.3 is 10.6 Å². The Balaban J connectivity index is 1.44. The van der Waals surface area contributed by atoms with Crippen LogP contribution in [0.1, 0.15) is 30.4 Å². The first-order chi connectivity index (χ1) is 13.5. The highest BCUT2D eigenvalue weighted by Crippen LogP contribution is 2.16. The first kappa shape index (κ1) is 20.1. The van der Waals surface area contributed by atoms with Gasteiger partial charge in [0.15, 0.2) is 0 Å². The Morgan fingerprint density at radius 1 is 1.07 bits per heavy atom. The zero-order valence-corrected chi connectivity index (χ0v) is 17.0. The summed E-state index contributed by atoms with van der Waals surface area (Å²) < 4.78 is 1.06. The summed E-state index contributed by atoms with van der Waals surface area (Å²) >= 11 is 3.42. The van der Waals surface area contributed by atoms with Crippen molar-refractivity contribution in [2.45, 2.75) is 32.2 Å². The van der Waals surface area contributed by atoms with Crippen LogP contribution in [0.25, 0.3) is 0 Å². The van der Waals surface area contributed by atoms with Gasteiger partial charge in [0.25, 0.3) is 0 Å². The van der Waals surface area contributed by atoms with E-state index in [-0.39, 0.29) is 30.9 Å². The molecule has 2 aromatic rings. The number of halogens is 1. The van der Waals surface area contributed by atoms with Gasteiger partial charge in [0, 0.05) is 16.6 Å². The first-order valence-electron chi connectivity index (χ1n) is 9.23. The monoisotopic (exact) mass is 443 g/mol. The van der Waals surface area contributed by atoms with Gasteiger partial charge in [-0.05, 0) is 54.7 Å². The van der Waals surface area contributed by atoms with Crippen LogP contribution in [0, 0.1) is 0 Å². The Labute approximate surface area is 172 Å². The summed E-state index contributed by atoms with van der Waals surface area (Å²) in [4.78, 5) is 36.7. The Bertz CT molecular complexity index is 851. The predicted octanol–water partition coefficient (Wildman–Crippen LogP) is 3.85. The van der Waals surface area contributed by atoms with Crippen LogP contribution in [0.5, 0.6) is 0 Å². The molecule has 7 heteroatoms. The summed E-state index contributed by atoms with van der Waals surface area (Å²) in [6.45, 7) is 0.233. The number of carbonyl (C=O) groups excluding carboxylic acids is 3. The van der Waals surface area contributed by atoms with Crippen molar-refractivity contribution >= 4 is 39.5 Å². The van der Waals surface area contributed by atoms with Gasteiger partial charge in [0.2, 0.25) is 11.8 Å². The van der Waals surface area contributed by atoms with Crippen LogP contribution in [0.3, 0.4) is 0 Å². The molecule has 1 aliphatic heterocycles. The molecule has 1 heterocycles. The SMILES string of the molecule is O=C(CCCCc1ccc(Br)cc1)Nc1cccc(CN2C(=O)CNC2=O)c1. The molecule has 0 spiro atoms. The quantitative estimate of drug-likeness (QED) is 0.480. The smallest absolute Gasteiger partial charge is 0.324 e. The number of nitrogens with one attached hydrogen (secondary N) is 2. The minimum absolute atomic E-state index is 0.0372. The molecular formula is C21H22BrN3O3. The van der Waals surface area contributed by atoms with Gasteiger partial charge in [-0.2, -0.15) is 0 Å². The van der Waals surface area contributed by atoms with E-state index in [4.69, 9.17) is 0 Å². The van der Waals surface area contributed by atoms with Gasteiger partial charge in [-0.1, -0.05) is 40.2 Å². The first-order valence-corrected chi connectivity index (χ1v) is 10.0. The third-order valence-corrected chi connectivity index (χ3v) is 5.05. The van der Waals surface area contributed by atoms with Crippen LogP contribution < -0.4 is 10.6 Å². The summed E-state index contributed by atoms with van der Waals surface area (Å²) in [5.41, 5.74) is 2.72. The molecule has 1 saturated heterocycles. The molecule has 6 nitrogen and oxygen atoms in total. The number of hydrogen-bond acceptors (Lipinski definition) is 3. The summed E-state index contributed by atoms with van der Waals surface area (Å²) in [7, 11) is 0. The van der Waals surface area contributed by atoms with Gasteiger partial charge in [-0.15, -0.1) is 0 Å². The highest BCUT2D eigenvalue weighted by Gasteiger charge is 2.28. The van der Waals surface area contributed by atoms with Crippen molar-refractivity contribution in [2.75, 3.05) is 11.9 Å². The lowest BCUT2D eigenvalue weighted by atomic mass is 10.1. The zero-order valence-electron chi connectivity index (χ0n) is 15.4. The second-order valence-corrected chi connectivity index (χ2v) is 7.64. The molecule has 2 N–H and O–H groups in total. The van der Waals surface area contributed by atoms with Gasteiger partial charge in [0.05, 0.1) is 13.1 Å². The highest BCUT2D eigenvalue weighted by molar-refractivity contribution is 9.10. The maximum absolute atomic E-state index is 12.2. The van der Waals surface area contributed by atoms with E-state index in [1.807, 2.05) is 18.2 Å². The maximum Gasteiger partial charge on any atom is 0.324 e. The summed E-state index contributed by atoms with van der Waals surface area (Å²) in [5, 5.41) is 5.38. The molecule has 0 bridgehead atoms. The van der Waals surface area contributed by atoms with Crippen LogP contribution in [0.2, 0.25) is 0 Å². The number of rotatable bonds is 8. The van der Waals surface area contributed by atoms with Gasteiger partial charge in [0.1, 0.15) is 0 Å². The van der Waals surface area contributed by atoms with Crippen molar-refractivity contribution < 1.29 is 14.4 Å². The van der Waals surface area contributed by atoms with Crippen LogP contribution in [0.15, 0.2) is 53.0 Å². The molecule has 2 aromatic carbocycles. The van der Waals surface area contributed by atoms with Crippen molar-refractivity contribution in [2.24, 2.45) is 0 Å². The van der Waals surface area contributed by atoms with Crippen LogP contribution in [0.4, 0.5) is 10.5 Å². The lowest BCUT2D eigenvalue weighted by Gasteiger charge is -2.13. The van der Waals surface area contributed by atoms with Gasteiger partial charge >= 0.3 is 6.03 Å². The minimum Gasteiger partial charge on any atom is -0.329 e. The molecule has 28 heavy (non-hydrogen) atoms. The Hall–Kier alpha value is -2.67. The number of hydrogen-bond donors (Lipinski definition) is 2. The molecule has 146 valence electrons. The molecule has 0 atom stereocenters. The van der Waals surface area contributed by atoms with Crippen LogP contribution >= 0.6 is 15.9 Å². The van der Waals surface area contributed by atoms with Crippen molar-refractivity contribution in [1.82, 2.24) is 10.2 Å². The average Bonchev–Trinajstić information content (AvgIpc) is 2.99. The number of aryl methyl sites for hydroxylation is 1. The van der Waals surface area contributed by atoms with E-state index in [9.17, 15) is 14.4 Å². The largest absolute Gasteiger partial charge is 0.329 e. The molecule has 0 saturated carbocycles. The minimum atomic E-state index is -0.384. The molecular weight excluding hydrogens is 422 g/mol. The van der Waals surface area contributed by atoms with Crippen molar-refractivity contribution in [1.29, 1.82) is 0 Å². The third kappa shape index (κ3) is 5.66. The van der Waals surface area contributed by atoms with Gasteiger partial charge in [-0.3, -0.25) is 14.5 Å². The molecule has 1 aliphatic rings. The molecule has 0 aromatic heterocycles. The topological polar surface area (TPSA) is 78.5 Å². The second-order valence-electron chi connectivity index (χ2n) is 6.72. The van der Waals surface area contributed by atoms with E-state index >= 15 is 0 Å². The van der Waals surface area contributed by atoms with E-state index < -0.39 is 0 Å². The second kappa shape index (κ2) is 9.50. The van der Waals surface area contributed by atoms with E-state index in [0.717, 1.165) is 29.3 Å². The summed E-state index contributed by atoms with van der Waals surface area (Å²) in [5.74, 6) is -0.284. The number of nitrogens with zero attached hydrogens (tertiary/aromatic N) is 1. The lowest BCUT2D eigenvalue weighted by Crippen LogP contribution is -2.30. The maximum atomic E-state index is 12.2. The molecule has 0 unspecified atom stereocenters. The molecule has 3 rings (SSSR count). The normalized spacial score (nSPS) is 13.5. The van der Waals surface area contributed by atoms with E-state index in [1.165, 1.54) is 10.5 Å².